The van der Waals surface area contributed by atoms with Gasteiger partial charge in [0.2, 0.25) is 0 Å². The SMILES string of the molecule is CNCCOc1cnn(-c2cccc(OC)c2)c1. The molecule has 0 fully saturated rings. The van der Waals surface area contributed by atoms with Crippen LogP contribution in [0.5, 0.6) is 11.5 Å². The van der Waals surface area contributed by atoms with Crippen molar-refractivity contribution in [2.24, 2.45) is 0 Å². The van der Waals surface area contributed by atoms with Crippen LogP contribution in [-0.4, -0.2) is 37.1 Å². The van der Waals surface area contributed by atoms with Crippen LogP contribution < -0.4 is 14.8 Å². The summed E-state index contributed by atoms with van der Waals surface area (Å²) in [5.41, 5.74) is 0.942. The van der Waals surface area contributed by atoms with E-state index < -0.39 is 0 Å². The van der Waals surface area contributed by atoms with Crippen molar-refractivity contribution in [2.45, 2.75) is 0 Å². The molecule has 96 valence electrons. The minimum Gasteiger partial charge on any atom is -0.497 e. The average Bonchev–Trinajstić information content (AvgIpc) is 2.88. The first-order valence-corrected chi connectivity index (χ1v) is 5.80. The predicted molar refractivity (Wildman–Crippen MR) is 69.5 cm³/mol. The molecule has 2 rings (SSSR count). The first-order chi connectivity index (χ1) is 8.83. The lowest BCUT2D eigenvalue weighted by Gasteiger charge is -2.04. The molecule has 5 nitrogen and oxygen atoms in total. The van der Waals surface area contributed by atoms with Gasteiger partial charge in [0.1, 0.15) is 12.4 Å². The molecule has 0 saturated carbocycles. The van der Waals surface area contributed by atoms with E-state index in [2.05, 4.69) is 10.4 Å². The van der Waals surface area contributed by atoms with Crippen molar-refractivity contribution >= 4 is 0 Å². The van der Waals surface area contributed by atoms with E-state index in [1.807, 2.05) is 37.5 Å². The summed E-state index contributed by atoms with van der Waals surface area (Å²) in [7, 11) is 3.54. The van der Waals surface area contributed by atoms with Crippen molar-refractivity contribution in [2.75, 3.05) is 27.3 Å². The summed E-state index contributed by atoms with van der Waals surface area (Å²) in [5.74, 6) is 1.56. The molecule has 0 atom stereocenters. The highest BCUT2D eigenvalue weighted by atomic mass is 16.5. The molecule has 1 N–H and O–H groups in total. The number of rotatable bonds is 6. The molecule has 0 aliphatic carbocycles. The monoisotopic (exact) mass is 247 g/mol. The van der Waals surface area contributed by atoms with Crippen molar-refractivity contribution in [3.05, 3.63) is 36.7 Å². The van der Waals surface area contributed by atoms with E-state index in [0.29, 0.717) is 6.61 Å². The molecule has 0 aliphatic rings. The van der Waals surface area contributed by atoms with E-state index in [1.54, 1.807) is 18.0 Å². The fourth-order valence-corrected chi connectivity index (χ4v) is 1.55. The van der Waals surface area contributed by atoms with Crippen LogP contribution in [0.1, 0.15) is 0 Å². The first-order valence-electron chi connectivity index (χ1n) is 5.80. The van der Waals surface area contributed by atoms with Gasteiger partial charge in [0, 0.05) is 12.6 Å². The van der Waals surface area contributed by atoms with Gasteiger partial charge in [-0.1, -0.05) is 6.07 Å². The molecular weight excluding hydrogens is 230 g/mol. The maximum Gasteiger partial charge on any atom is 0.157 e. The fraction of sp³-hybridized carbons (Fsp3) is 0.308. The van der Waals surface area contributed by atoms with Gasteiger partial charge in [-0.2, -0.15) is 5.10 Å². The third-order valence-electron chi connectivity index (χ3n) is 2.50. The molecule has 1 aromatic carbocycles. The zero-order chi connectivity index (χ0) is 12.8. The van der Waals surface area contributed by atoms with Gasteiger partial charge >= 0.3 is 0 Å². The number of likely N-dealkylation sites (N-methyl/N-ethyl adjacent to an activating group) is 1. The summed E-state index contributed by atoms with van der Waals surface area (Å²) in [6.07, 6.45) is 3.56. The molecule has 0 amide bonds. The Morgan fingerprint density at radius 1 is 1.33 bits per heavy atom. The van der Waals surface area contributed by atoms with E-state index in [4.69, 9.17) is 9.47 Å². The standard InChI is InChI=1S/C13H17N3O2/c1-14-6-7-18-13-9-15-16(10-13)11-4-3-5-12(8-11)17-2/h3-5,8-10,14H,6-7H2,1-2H3. The van der Waals surface area contributed by atoms with Gasteiger partial charge in [0.05, 0.1) is 25.2 Å². The van der Waals surface area contributed by atoms with Crippen LogP contribution in [0.2, 0.25) is 0 Å². The average molecular weight is 247 g/mol. The fourth-order valence-electron chi connectivity index (χ4n) is 1.55. The van der Waals surface area contributed by atoms with Gasteiger partial charge < -0.3 is 14.8 Å². The van der Waals surface area contributed by atoms with E-state index in [-0.39, 0.29) is 0 Å². The summed E-state index contributed by atoms with van der Waals surface area (Å²) in [6, 6.07) is 7.71. The van der Waals surface area contributed by atoms with E-state index in [1.165, 1.54) is 0 Å². The maximum absolute atomic E-state index is 5.53. The molecule has 0 unspecified atom stereocenters. The van der Waals surface area contributed by atoms with Crippen LogP contribution in [-0.2, 0) is 0 Å². The lowest BCUT2D eigenvalue weighted by molar-refractivity contribution is 0.318. The summed E-state index contributed by atoms with van der Waals surface area (Å²) in [5, 5.41) is 7.28. The lowest BCUT2D eigenvalue weighted by Crippen LogP contribution is -2.15. The topological polar surface area (TPSA) is 48.3 Å². The van der Waals surface area contributed by atoms with Gasteiger partial charge in [-0.3, -0.25) is 0 Å². The number of hydrogen-bond acceptors (Lipinski definition) is 4. The molecule has 1 heterocycles. The van der Waals surface area contributed by atoms with Gasteiger partial charge in [0.25, 0.3) is 0 Å². The highest BCUT2D eigenvalue weighted by Crippen LogP contribution is 2.18. The number of nitrogens with zero attached hydrogens (tertiary/aromatic N) is 2. The molecule has 5 heteroatoms. The summed E-state index contributed by atoms with van der Waals surface area (Å²) in [6.45, 7) is 1.44. The quantitative estimate of drug-likeness (QED) is 0.785. The molecular formula is C13H17N3O2. The van der Waals surface area contributed by atoms with E-state index in [0.717, 1.165) is 23.7 Å². The number of aromatic nitrogens is 2. The number of benzene rings is 1. The van der Waals surface area contributed by atoms with Crippen molar-refractivity contribution in [3.63, 3.8) is 0 Å². The number of nitrogens with one attached hydrogen (secondary N) is 1. The van der Waals surface area contributed by atoms with Crippen LogP contribution in [0.4, 0.5) is 0 Å². The molecule has 2 aromatic rings. The summed E-state index contributed by atoms with van der Waals surface area (Å²) in [4.78, 5) is 0. The third-order valence-corrected chi connectivity index (χ3v) is 2.50. The number of methoxy groups -OCH3 is 1. The van der Waals surface area contributed by atoms with Crippen LogP contribution in [0.15, 0.2) is 36.7 Å². The molecule has 0 bridgehead atoms. The van der Waals surface area contributed by atoms with E-state index >= 15 is 0 Å². The van der Waals surface area contributed by atoms with Crippen molar-refractivity contribution in [3.8, 4) is 17.2 Å². The Labute approximate surface area is 106 Å². The maximum atomic E-state index is 5.53. The zero-order valence-corrected chi connectivity index (χ0v) is 10.6. The third kappa shape index (κ3) is 3.01. The Morgan fingerprint density at radius 2 is 2.22 bits per heavy atom. The van der Waals surface area contributed by atoms with Crippen LogP contribution in [0.3, 0.4) is 0 Å². The molecule has 1 aromatic heterocycles. The summed E-state index contributed by atoms with van der Waals surface area (Å²) < 4.78 is 12.5. The zero-order valence-electron chi connectivity index (χ0n) is 10.6. The van der Waals surface area contributed by atoms with Crippen molar-refractivity contribution in [1.82, 2.24) is 15.1 Å². The molecule has 18 heavy (non-hydrogen) atoms. The molecule has 0 spiro atoms. The normalized spacial score (nSPS) is 10.3. The van der Waals surface area contributed by atoms with Gasteiger partial charge in [-0.25, -0.2) is 4.68 Å². The Hall–Kier alpha value is -2.01. The second-order valence-corrected chi connectivity index (χ2v) is 3.77. The smallest absolute Gasteiger partial charge is 0.157 e. The Morgan fingerprint density at radius 3 is 3.00 bits per heavy atom. The van der Waals surface area contributed by atoms with Gasteiger partial charge in [0.15, 0.2) is 5.75 Å². The predicted octanol–water partition coefficient (Wildman–Crippen LogP) is 1.48. The highest BCUT2D eigenvalue weighted by molar-refractivity contribution is 5.39. The Kier molecular flexibility index (Phi) is 4.20. The first kappa shape index (κ1) is 12.4. The van der Waals surface area contributed by atoms with Gasteiger partial charge in [-0.05, 0) is 19.2 Å². The van der Waals surface area contributed by atoms with Crippen LogP contribution in [0, 0.1) is 0 Å². The van der Waals surface area contributed by atoms with Crippen molar-refractivity contribution in [1.29, 1.82) is 0 Å². The Bertz CT molecular complexity index is 496. The Balaban J connectivity index is 2.08. The van der Waals surface area contributed by atoms with Crippen LogP contribution >= 0.6 is 0 Å². The largest absolute Gasteiger partial charge is 0.497 e. The second kappa shape index (κ2) is 6.07. The molecule has 0 radical (unpaired) electrons. The highest BCUT2D eigenvalue weighted by Gasteiger charge is 2.02. The summed E-state index contributed by atoms with van der Waals surface area (Å²) >= 11 is 0. The van der Waals surface area contributed by atoms with Crippen molar-refractivity contribution < 1.29 is 9.47 Å². The lowest BCUT2D eigenvalue weighted by atomic mass is 10.3. The number of ether oxygens (including phenoxy) is 2. The minimum atomic E-state index is 0.625. The molecule has 0 aliphatic heterocycles. The van der Waals surface area contributed by atoms with E-state index in [9.17, 15) is 0 Å². The minimum absolute atomic E-state index is 0.625. The second-order valence-electron chi connectivity index (χ2n) is 3.77. The number of hydrogen-bond donors (Lipinski definition) is 1. The van der Waals surface area contributed by atoms with Crippen LogP contribution in [0.25, 0.3) is 5.69 Å². The molecule has 0 saturated heterocycles. The van der Waals surface area contributed by atoms with Gasteiger partial charge in [-0.15, -0.1) is 0 Å².